The van der Waals surface area contributed by atoms with E-state index in [1.165, 1.54) is 50.5 Å². The van der Waals surface area contributed by atoms with Crippen molar-refractivity contribution in [2.24, 2.45) is 51.4 Å². The molecule has 1 aromatic rings. The molecule has 2 saturated carbocycles. The van der Waals surface area contributed by atoms with Crippen LogP contribution < -0.4 is 10.2 Å². The van der Waals surface area contributed by atoms with Crippen molar-refractivity contribution in [3.63, 3.8) is 0 Å². The molecule has 7 atom stereocenters. The number of amides is 1. The smallest absolute Gasteiger partial charge is 0.271 e. The van der Waals surface area contributed by atoms with Crippen molar-refractivity contribution in [2.45, 2.75) is 92.4 Å². The van der Waals surface area contributed by atoms with Crippen LogP contribution in [-0.2, 0) is 0 Å². The predicted molar refractivity (Wildman–Crippen MR) is 161 cm³/mol. The average Bonchev–Trinajstić information content (AvgIpc) is 3.28. The van der Waals surface area contributed by atoms with E-state index >= 15 is 0 Å². The number of fused-ring (bicyclic) bond motifs is 5. The minimum absolute atomic E-state index is 0.183. The van der Waals surface area contributed by atoms with Crippen molar-refractivity contribution < 1.29 is 9.53 Å². The van der Waals surface area contributed by atoms with E-state index in [2.05, 4.69) is 63.4 Å². The predicted octanol–water partition coefficient (Wildman–Crippen LogP) is 8.60. The van der Waals surface area contributed by atoms with Crippen LogP contribution >= 0.6 is 0 Å². The summed E-state index contributed by atoms with van der Waals surface area (Å²) in [5, 5.41) is 4.53. The number of carbonyl (C=O) groups is 1. The number of methoxy groups -OCH3 is 1. The summed E-state index contributed by atoms with van der Waals surface area (Å²) in [5.41, 5.74) is 6.46. The fourth-order valence-electron chi connectivity index (χ4n) is 9.05. The molecule has 0 saturated heterocycles. The minimum atomic E-state index is -0.183. The summed E-state index contributed by atoms with van der Waals surface area (Å²) in [6, 6.07) is 7.14. The first kappa shape index (κ1) is 28.2. The second-order valence-electron chi connectivity index (χ2n) is 14.0. The zero-order valence-electron chi connectivity index (χ0n) is 25.1. The molecule has 1 amide bonds. The Bertz CT molecular complexity index is 1130. The first-order valence-corrected chi connectivity index (χ1v) is 15.6. The summed E-state index contributed by atoms with van der Waals surface area (Å²) >= 11 is 0. The first-order chi connectivity index (χ1) is 18.7. The van der Waals surface area contributed by atoms with Gasteiger partial charge in [0.05, 0.1) is 12.8 Å². The second kappa shape index (κ2) is 11.3. The monoisotopic (exact) mass is 530 g/mol. The third kappa shape index (κ3) is 5.37. The normalized spacial score (nSPS) is 35.2. The SMILES string of the molecule is COc1ccc(C(=O)N/N=C2/C=C3C=C[C@H]4[C@@H]5CC[C@H]([C@H](C)CCCC(C)C)[C@@]5(C)CC[C@@H]4[C@@]3(C)CC2)cc1. The molecular weight excluding hydrogens is 480 g/mol. The van der Waals surface area contributed by atoms with Crippen LogP contribution in [0.4, 0.5) is 0 Å². The largest absolute Gasteiger partial charge is 0.497 e. The van der Waals surface area contributed by atoms with E-state index in [9.17, 15) is 4.79 Å². The van der Waals surface area contributed by atoms with Crippen molar-refractivity contribution >= 4 is 11.6 Å². The van der Waals surface area contributed by atoms with Crippen LogP contribution in [0.5, 0.6) is 5.75 Å². The molecule has 2 fully saturated rings. The highest BCUT2D eigenvalue weighted by atomic mass is 16.5. The second-order valence-corrected chi connectivity index (χ2v) is 14.0. The zero-order valence-corrected chi connectivity index (χ0v) is 25.1. The maximum absolute atomic E-state index is 12.6. The highest BCUT2D eigenvalue weighted by Gasteiger charge is 2.58. The summed E-state index contributed by atoms with van der Waals surface area (Å²) in [5.74, 6) is 5.34. The van der Waals surface area contributed by atoms with Gasteiger partial charge < -0.3 is 4.74 Å². The molecule has 4 nitrogen and oxygen atoms in total. The van der Waals surface area contributed by atoms with Crippen LogP contribution in [-0.4, -0.2) is 18.7 Å². The first-order valence-electron chi connectivity index (χ1n) is 15.6. The highest BCUT2D eigenvalue weighted by Crippen LogP contribution is 2.66. The van der Waals surface area contributed by atoms with Crippen LogP contribution in [0.2, 0.25) is 0 Å². The fourth-order valence-corrected chi connectivity index (χ4v) is 9.05. The molecule has 1 aromatic carbocycles. The number of hydrogen-bond donors (Lipinski definition) is 1. The third-order valence-corrected chi connectivity index (χ3v) is 11.4. The molecule has 4 aliphatic carbocycles. The van der Waals surface area contributed by atoms with Gasteiger partial charge in [-0.15, -0.1) is 0 Å². The Kier molecular flexibility index (Phi) is 8.13. The molecular formula is C35H50N2O2. The van der Waals surface area contributed by atoms with Gasteiger partial charge in [-0.05, 0) is 121 Å². The van der Waals surface area contributed by atoms with E-state index in [0.717, 1.165) is 53.9 Å². The average molecular weight is 531 g/mol. The Hall–Kier alpha value is -2.36. The van der Waals surface area contributed by atoms with Gasteiger partial charge in [-0.3, -0.25) is 4.79 Å². The highest BCUT2D eigenvalue weighted by molar-refractivity contribution is 6.00. The van der Waals surface area contributed by atoms with Gasteiger partial charge in [-0.25, -0.2) is 5.43 Å². The number of rotatable bonds is 8. The number of nitrogens with zero attached hydrogens (tertiary/aromatic N) is 1. The third-order valence-electron chi connectivity index (χ3n) is 11.4. The molecule has 0 aromatic heterocycles. The van der Waals surface area contributed by atoms with E-state index in [1.807, 2.05) is 0 Å². The van der Waals surface area contributed by atoms with Gasteiger partial charge in [-0.1, -0.05) is 66.0 Å². The van der Waals surface area contributed by atoms with Crippen molar-refractivity contribution in [3.05, 3.63) is 53.6 Å². The number of allylic oxidation sites excluding steroid dienone is 4. The van der Waals surface area contributed by atoms with Gasteiger partial charge in [0.2, 0.25) is 0 Å². The molecule has 0 radical (unpaired) electrons. The van der Waals surface area contributed by atoms with E-state index in [-0.39, 0.29) is 11.3 Å². The van der Waals surface area contributed by atoms with Gasteiger partial charge in [0.1, 0.15) is 5.75 Å². The Morgan fingerprint density at radius 2 is 1.82 bits per heavy atom. The molecule has 212 valence electrons. The topological polar surface area (TPSA) is 50.7 Å². The molecule has 0 spiro atoms. The Morgan fingerprint density at radius 1 is 1.05 bits per heavy atom. The standard InChI is InChI=1S/C35H50N2O2/c1-23(2)8-7-9-24(3)30-16-17-31-29-15-12-26-22-27(18-20-34(26,4)32(29)19-21-35(30,31)5)36-37-33(38)25-10-13-28(39-6)14-11-25/h10-15,22-24,29-32H,7-9,16-21H2,1-6H3,(H,37,38)/b36-27+/t24-,29+,30-,31+,32+,34+,35-/m1/s1. The molecule has 5 rings (SSSR count). The molecule has 4 heteroatoms. The summed E-state index contributed by atoms with van der Waals surface area (Å²) in [6.45, 7) is 12.4. The Labute approximate surface area is 236 Å². The maximum Gasteiger partial charge on any atom is 0.271 e. The maximum atomic E-state index is 12.6. The lowest BCUT2D eigenvalue weighted by Gasteiger charge is -2.56. The van der Waals surface area contributed by atoms with Crippen LogP contribution in [0, 0.1) is 46.3 Å². The van der Waals surface area contributed by atoms with Crippen LogP contribution in [0.15, 0.2) is 53.2 Å². The number of benzene rings is 1. The lowest BCUT2D eigenvalue weighted by atomic mass is 9.48. The quantitative estimate of drug-likeness (QED) is 0.342. The van der Waals surface area contributed by atoms with Crippen molar-refractivity contribution in [2.75, 3.05) is 7.11 Å². The molecule has 0 heterocycles. The van der Waals surface area contributed by atoms with Crippen LogP contribution in [0.1, 0.15) is 103 Å². The van der Waals surface area contributed by atoms with Crippen LogP contribution in [0.3, 0.4) is 0 Å². The van der Waals surface area contributed by atoms with Crippen molar-refractivity contribution in [1.29, 1.82) is 0 Å². The lowest BCUT2D eigenvalue weighted by molar-refractivity contribution is -0.0247. The van der Waals surface area contributed by atoms with Gasteiger partial charge >= 0.3 is 0 Å². The number of nitrogens with one attached hydrogen (secondary N) is 1. The van der Waals surface area contributed by atoms with E-state index in [1.54, 1.807) is 31.4 Å². The van der Waals surface area contributed by atoms with Crippen LogP contribution in [0.25, 0.3) is 0 Å². The Balaban J connectivity index is 1.28. The van der Waals surface area contributed by atoms with Gasteiger partial charge in [0.25, 0.3) is 5.91 Å². The fraction of sp³-hybridized carbons (Fsp3) is 0.657. The van der Waals surface area contributed by atoms with Gasteiger partial charge in [0, 0.05) is 5.56 Å². The summed E-state index contributed by atoms with van der Waals surface area (Å²) < 4.78 is 5.19. The lowest BCUT2D eigenvalue weighted by Crippen LogP contribution is -2.49. The summed E-state index contributed by atoms with van der Waals surface area (Å²) in [4.78, 5) is 12.6. The molecule has 0 unspecified atom stereocenters. The molecule has 0 aliphatic heterocycles. The van der Waals surface area contributed by atoms with E-state index in [0.29, 0.717) is 16.9 Å². The van der Waals surface area contributed by atoms with Crippen molar-refractivity contribution in [1.82, 2.24) is 5.43 Å². The zero-order chi connectivity index (χ0) is 27.8. The van der Waals surface area contributed by atoms with E-state index in [4.69, 9.17) is 4.74 Å². The number of ether oxygens (including phenoxy) is 1. The van der Waals surface area contributed by atoms with Gasteiger partial charge in [-0.2, -0.15) is 5.10 Å². The Morgan fingerprint density at radius 3 is 2.54 bits per heavy atom. The molecule has 4 aliphatic rings. The van der Waals surface area contributed by atoms with Gasteiger partial charge in [0.15, 0.2) is 0 Å². The minimum Gasteiger partial charge on any atom is -0.497 e. The number of hydrazone groups is 1. The number of hydrogen-bond acceptors (Lipinski definition) is 3. The molecule has 1 N–H and O–H groups in total. The van der Waals surface area contributed by atoms with E-state index < -0.39 is 0 Å². The number of carbonyl (C=O) groups excluding carboxylic acids is 1. The molecule has 39 heavy (non-hydrogen) atoms. The summed E-state index contributed by atoms with van der Waals surface area (Å²) in [7, 11) is 1.63. The molecule has 0 bridgehead atoms. The van der Waals surface area contributed by atoms with Crippen molar-refractivity contribution in [3.8, 4) is 5.75 Å². The summed E-state index contributed by atoms with van der Waals surface area (Å²) in [6.07, 6.45) is 19.0.